The number of esters is 1. The molecule has 0 radical (unpaired) electrons. The molecule has 0 bridgehead atoms. The molecule has 1 heterocycles. The Morgan fingerprint density at radius 2 is 2.00 bits per heavy atom. The summed E-state index contributed by atoms with van der Waals surface area (Å²) in [7, 11) is 1.26. The number of halogens is 2. The lowest BCUT2D eigenvalue weighted by atomic mass is 10.1. The summed E-state index contributed by atoms with van der Waals surface area (Å²) in [6.45, 7) is 0. The minimum Gasteiger partial charge on any atom is -0.465 e. The first-order valence-corrected chi connectivity index (χ1v) is 5.62. The molecule has 0 saturated carbocycles. The number of carbonyl (C=O) groups excluding carboxylic acids is 1. The number of hydrogen-bond donors (Lipinski definition) is 0. The fourth-order valence-corrected chi connectivity index (χ4v) is 2.30. The molecular formula is C12H8F2O2S. The van der Waals surface area contributed by atoms with Gasteiger partial charge >= 0.3 is 5.97 Å². The molecule has 1 aromatic heterocycles. The first-order valence-electron chi connectivity index (χ1n) is 4.74. The molecule has 0 atom stereocenters. The van der Waals surface area contributed by atoms with Gasteiger partial charge in [-0.05, 0) is 23.6 Å². The van der Waals surface area contributed by atoms with Crippen LogP contribution in [-0.4, -0.2) is 13.1 Å². The van der Waals surface area contributed by atoms with Crippen molar-refractivity contribution in [1.29, 1.82) is 0 Å². The molecule has 2 aromatic rings. The Bertz CT molecular complexity index is 563. The summed E-state index contributed by atoms with van der Waals surface area (Å²) in [5.41, 5.74) is 0.604. The predicted molar refractivity (Wildman–Crippen MR) is 61.0 cm³/mol. The Kier molecular flexibility index (Phi) is 3.19. The van der Waals surface area contributed by atoms with Crippen molar-refractivity contribution in [2.24, 2.45) is 0 Å². The second-order valence-corrected chi connectivity index (χ2v) is 4.20. The van der Waals surface area contributed by atoms with E-state index in [1.807, 2.05) is 0 Å². The van der Waals surface area contributed by atoms with E-state index in [1.54, 1.807) is 11.4 Å². The second kappa shape index (κ2) is 4.63. The minimum atomic E-state index is -0.700. The highest BCUT2D eigenvalue weighted by molar-refractivity contribution is 7.12. The maximum absolute atomic E-state index is 13.6. The van der Waals surface area contributed by atoms with Gasteiger partial charge in [-0.1, -0.05) is 0 Å². The first kappa shape index (κ1) is 11.7. The molecule has 0 aliphatic carbocycles. The van der Waals surface area contributed by atoms with Crippen molar-refractivity contribution in [2.45, 2.75) is 0 Å². The molecule has 17 heavy (non-hydrogen) atoms. The zero-order valence-corrected chi connectivity index (χ0v) is 9.68. The van der Waals surface area contributed by atoms with Crippen LogP contribution in [0.1, 0.15) is 9.67 Å². The van der Waals surface area contributed by atoms with E-state index in [2.05, 4.69) is 4.74 Å². The number of thiophene rings is 1. The Morgan fingerprint density at radius 1 is 1.24 bits per heavy atom. The number of rotatable bonds is 2. The average Bonchev–Trinajstić information content (AvgIpc) is 2.77. The smallest absolute Gasteiger partial charge is 0.348 e. The Labute approximate surface area is 100 Å². The molecule has 0 N–H and O–H groups in total. The van der Waals surface area contributed by atoms with Gasteiger partial charge in [0.05, 0.1) is 7.11 Å². The van der Waals surface area contributed by atoms with Gasteiger partial charge in [0, 0.05) is 17.2 Å². The molecule has 0 unspecified atom stereocenters. The quantitative estimate of drug-likeness (QED) is 0.767. The highest BCUT2D eigenvalue weighted by atomic mass is 32.1. The van der Waals surface area contributed by atoms with E-state index in [0.29, 0.717) is 10.4 Å². The fourth-order valence-electron chi connectivity index (χ4n) is 1.48. The molecule has 5 heteroatoms. The molecular weight excluding hydrogens is 246 g/mol. The summed E-state index contributed by atoms with van der Waals surface area (Å²) in [5.74, 6) is -1.88. The van der Waals surface area contributed by atoms with Gasteiger partial charge in [0.25, 0.3) is 0 Å². The van der Waals surface area contributed by atoms with Crippen molar-refractivity contribution < 1.29 is 18.3 Å². The molecule has 0 saturated heterocycles. The molecule has 1 aromatic carbocycles. The molecule has 0 aliphatic rings. The number of carbonyl (C=O) groups is 1. The molecule has 0 fully saturated rings. The van der Waals surface area contributed by atoms with E-state index in [1.165, 1.54) is 13.2 Å². The number of ether oxygens (including phenoxy) is 1. The van der Waals surface area contributed by atoms with E-state index >= 15 is 0 Å². The van der Waals surface area contributed by atoms with E-state index in [-0.39, 0.29) is 5.56 Å². The van der Waals surface area contributed by atoms with Crippen LogP contribution in [0.25, 0.3) is 11.1 Å². The molecule has 2 rings (SSSR count). The van der Waals surface area contributed by atoms with Crippen LogP contribution in [-0.2, 0) is 4.74 Å². The minimum absolute atomic E-state index is 0.188. The number of hydrogen-bond acceptors (Lipinski definition) is 3. The zero-order valence-electron chi connectivity index (χ0n) is 8.87. The van der Waals surface area contributed by atoms with Crippen molar-refractivity contribution in [1.82, 2.24) is 0 Å². The summed E-state index contributed by atoms with van der Waals surface area (Å²) < 4.78 is 31.0. The van der Waals surface area contributed by atoms with Crippen LogP contribution in [0.4, 0.5) is 8.78 Å². The van der Waals surface area contributed by atoms with Crippen molar-refractivity contribution in [2.75, 3.05) is 7.11 Å². The largest absolute Gasteiger partial charge is 0.465 e. The summed E-state index contributed by atoms with van der Waals surface area (Å²) in [6.07, 6.45) is 0. The Balaban J connectivity index is 2.53. The zero-order chi connectivity index (χ0) is 12.4. The number of benzene rings is 1. The van der Waals surface area contributed by atoms with Crippen LogP contribution >= 0.6 is 11.3 Å². The predicted octanol–water partition coefficient (Wildman–Crippen LogP) is 3.48. The van der Waals surface area contributed by atoms with Gasteiger partial charge < -0.3 is 4.74 Å². The van der Waals surface area contributed by atoms with Gasteiger partial charge in [0.2, 0.25) is 0 Å². The summed E-state index contributed by atoms with van der Waals surface area (Å²) in [5, 5.41) is 1.66. The molecule has 88 valence electrons. The lowest BCUT2D eigenvalue weighted by Gasteiger charge is -2.04. The second-order valence-electron chi connectivity index (χ2n) is 3.28. The maximum atomic E-state index is 13.6. The van der Waals surface area contributed by atoms with Crippen LogP contribution in [0.2, 0.25) is 0 Å². The molecule has 0 aliphatic heterocycles. The van der Waals surface area contributed by atoms with Gasteiger partial charge in [0.1, 0.15) is 16.5 Å². The van der Waals surface area contributed by atoms with Gasteiger partial charge in [-0.25, -0.2) is 13.6 Å². The highest BCUT2D eigenvalue weighted by Crippen LogP contribution is 2.31. The van der Waals surface area contributed by atoms with E-state index in [0.717, 1.165) is 23.5 Å². The monoisotopic (exact) mass is 254 g/mol. The molecule has 0 amide bonds. The van der Waals surface area contributed by atoms with Crippen molar-refractivity contribution in [3.05, 3.63) is 46.2 Å². The summed E-state index contributed by atoms with van der Waals surface area (Å²) >= 11 is 1.16. The standard InChI is InChI=1S/C12H8F2O2S/c1-16-12(15)11-9(4-5-17-11)8-3-2-7(13)6-10(8)14/h2-6H,1H3. The van der Waals surface area contributed by atoms with Crippen molar-refractivity contribution >= 4 is 17.3 Å². The molecule has 0 spiro atoms. The van der Waals surface area contributed by atoms with Crippen LogP contribution in [0.3, 0.4) is 0 Å². The number of methoxy groups -OCH3 is 1. The van der Waals surface area contributed by atoms with Crippen molar-refractivity contribution in [3.8, 4) is 11.1 Å². The van der Waals surface area contributed by atoms with Gasteiger partial charge in [-0.3, -0.25) is 0 Å². The van der Waals surface area contributed by atoms with E-state index in [4.69, 9.17) is 0 Å². The third-order valence-electron chi connectivity index (χ3n) is 2.26. The summed E-state index contributed by atoms with van der Waals surface area (Å²) in [4.78, 5) is 11.7. The van der Waals surface area contributed by atoms with Gasteiger partial charge in [-0.15, -0.1) is 11.3 Å². The third-order valence-corrected chi connectivity index (χ3v) is 3.15. The Hall–Kier alpha value is -1.75. The topological polar surface area (TPSA) is 26.3 Å². The average molecular weight is 254 g/mol. The molecule has 2 nitrogen and oxygen atoms in total. The Morgan fingerprint density at radius 3 is 2.65 bits per heavy atom. The van der Waals surface area contributed by atoms with Crippen LogP contribution in [0.5, 0.6) is 0 Å². The van der Waals surface area contributed by atoms with Crippen LogP contribution in [0, 0.1) is 11.6 Å². The van der Waals surface area contributed by atoms with Gasteiger partial charge in [-0.2, -0.15) is 0 Å². The van der Waals surface area contributed by atoms with Gasteiger partial charge in [0.15, 0.2) is 0 Å². The normalized spacial score (nSPS) is 10.3. The lowest BCUT2D eigenvalue weighted by Crippen LogP contribution is -2.00. The van der Waals surface area contributed by atoms with E-state index in [9.17, 15) is 13.6 Å². The van der Waals surface area contributed by atoms with E-state index < -0.39 is 17.6 Å². The fraction of sp³-hybridized carbons (Fsp3) is 0.0833. The summed E-state index contributed by atoms with van der Waals surface area (Å²) in [6, 6.07) is 4.84. The van der Waals surface area contributed by atoms with Crippen molar-refractivity contribution in [3.63, 3.8) is 0 Å². The SMILES string of the molecule is COC(=O)c1sccc1-c1ccc(F)cc1F. The first-order chi connectivity index (χ1) is 8.13. The lowest BCUT2D eigenvalue weighted by molar-refractivity contribution is 0.0607. The highest BCUT2D eigenvalue weighted by Gasteiger charge is 2.17. The third kappa shape index (κ3) is 2.19. The maximum Gasteiger partial charge on any atom is 0.348 e. The van der Waals surface area contributed by atoms with Crippen LogP contribution < -0.4 is 0 Å². The van der Waals surface area contributed by atoms with Crippen LogP contribution in [0.15, 0.2) is 29.6 Å².